The van der Waals surface area contributed by atoms with Gasteiger partial charge in [-0.15, -0.1) is 11.6 Å². The van der Waals surface area contributed by atoms with Gasteiger partial charge in [-0.1, -0.05) is 18.2 Å². The van der Waals surface area contributed by atoms with Crippen LogP contribution in [0.25, 0.3) is 5.69 Å². The molecule has 0 fully saturated rings. The Labute approximate surface area is 117 Å². The lowest BCUT2D eigenvalue weighted by Gasteiger charge is -2.18. The number of alkyl halides is 1. The molecule has 0 aliphatic carbocycles. The Morgan fingerprint density at radius 2 is 2.05 bits per heavy atom. The molecule has 0 aliphatic rings. The zero-order chi connectivity index (χ0) is 13.8. The first-order valence-electron chi connectivity index (χ1n) is 6.13. The fraction of sp³-hybridized carbons (Fsp3) is 0.286. The Kier molecular flexibility index (Phi) is 4.22. The van der Waals surface area contributed by atoms with Gasteiger partial charge in [0.1, 0.15) is 5.38 Å². The average Bonchev–Trinajstić information content (AvgIpc) is 2.92. The second-order valence-electron chi connectivity index (χ2n) is 4.36. The van der Waals surface area contributed by atoms with E-state index in [2.05, 4.69) is 10.4 Å². The van der Waals surface area contributed by atoms with Gasteiger partial charge in [0.15, 0.2) is 0 Å². The first kappa shape index (κ1) is 13.6. The van der Waals surface area contributed by atoms with Crippen molar-refractivity contribution in [3.63, 3.8) is 0 Å². The molecule has 4 nitrogen and oxygen atoms in total. The standard InChI is InChI=1S/C14H16ClN3O/c1-10(15)14(19)17-11(2)12-6-3-4-7-13(12)18-9-5-8-16-18/h3-11H,1-2H3,(H,17,19). The number of hydrogen-bond acceptors (Lipinski definition) is 2. The highest BCUT2D eigenvalue weighted by molar-refractivity contribution is 6.30. The summed E-state index contributed by atoms with van der Waals surface area (Å²) in [6, 6.07) is 9.56. The van der Waals surface area contributed by atoms with Crippen LogP contribution in [0, 0.1) is 0 Å². The highest BCUT2D eigenvalue weighted by atomic mass is 35.5. The van der Waals surface area contributed by atoms with E-state index in [1.807, 2.05) is 43.5 Å². The largest absolute Gasteiger partial charge is 0.348 e. The lowest BCUT2D eigenvalue weighted by molar-refractivity contribution is -0.121. The summed E-state index contributed by atoms with van der Waals surface area (Å²) in [6.45, 7) is 3.59. The Bertz CT molecular complexity index is 552. The van der Waals surface area contributed by atoms with Crippen molar-refractivity contribution in [2.75, 3.05) is 0 Å². The average molecular weight is 278 g/mol. The van der Waals surface area contributed by atoms with Gasteiger partial charge in [-0.05, 0) is 31.5 Å². The van der Waals surface area contributed by atoms with Crippen molar-refractivity contribution in [2.24, 2.45) is 0 Å². The molecular formula is C14H16ClN3O. The van der Waals surface area contributed by atoms with Crippen LogP contribution in [0.4, 0.5) is 0 Å². The number of halogens is 1. The quantitative estimate of drug-likeness (QED) is 0.874. The number of amides is 1. The van der Waals surface area contributed by atoms with Gasteiger partial charge in [-0.2, -0.15) is 5.10 Å². The minimum atomic E-state index is -0.542. The number of nitrogens with one attached hydrogen (secondary N) is 1. The topological polar surface area (TPSA) is 46.9 Å². The lowest BCUT2D eigenvalue weighted by atomic mass is 10.1. The maximum atomic E-state index is 11.7. The fourth-order valence-corrected chi connectivity index (χ4v) is 1.94. The molecule has 1 amide bonds. The maximum absolute atomic E-state index is 11.7. The van der Waals surface area contributed by atoms with Gasteiger partial charge >= 0.3 is 0 Å². The molecule has 2 aromatic rings. The van der Waals surface area contributed by atoms with Gasteiger partial charge in [-0.3, -0.25) is 4.79 Å². The molecule has 5 heteroatoms. The van der Waals surface area contributed by atoms with Crippen molar-refractivity contribution in [1.82, 2.24) is 15.1 Å². The van der Waals surface area contributed by atoms with Crippen LogP contribution in [0.1, 0.15) is 25.5 Å². The highest BCUT2D eigenvalue weighted by Gasteiger charge is 2.16. The minimum absolute atomic E-state index is 0.130. The molecule has 0 radical (unpaired) electrons. The van der Waals surface area contributed by atoms with Crippen LogP contribution in [0.15, 0.2) is 42.7 Å². The van der Waals surface area contributed by atoms with E-state index in [4.69, 9.17) is 11.6 Å². The summed E-state index contributed by atoms with van der Waals surface area (Å²) >= 11 is 5.77. The van der Waals surface area contributed by atoms with E-state index < -0.39 is 5.38 Å². The van der Waals surface area contributed by atoms with Gasteiger partial charge in [-0.25, -0.2) is 4.68 Å². The van der Waals surface area contributed by atoms with Gasteiger partial charge < -0.3 is 5.32 Å². The number of rotatable bonds is 4. The SMILES string of the molecule is CC(Cl)C(=O)NC(C)c1ccccc1-n1cccn1. The van der Waals surface area contributed by atoms with Crippen molar-refractivity contribution in [1.29, 1.82) is 0 Å². The van der Waals surface area contributed by atoms with E-state index in [1.165, 1.54) is 0 Å². The lowest BCUT2D eigenvalue weighted by Crippen LogP contribution is -2.32. The summed E-state index contributed by atoms with van der Waals surface area (Å²) in [5, 5.41) is 6.57. The summed E-state index contributed by atoms with van der Waals surface area (Å²) < 4.78 is 1.78. The van der Waals surface area contributed by atoms with Crippen molar-refractivity contribution >= 4 is 17.5 Å². The molecule has 1 aromatic heterocycles. The summed E-state index contributed by atoms with van der Waals surface area (Å²) in [5.41, 5.74) is 1.94. The molecule has 1 aromatic carbocycles. The van der Waals surface area contributed by atoms with Crippen molar-refractivity contribution in [3.05, 3.63) is 48.3 Å². The summed E-state index contributed by atoms with van der Waals surface area (Å²) in [4.78, 5) is 11.7. The summed E-state index contributed by atoms with van der Waals surface area (Å²) in [7, 11) is 0. The molecule has 0 bridgehead atoms. The van der Waals surface area contributed by atoms with Crippen LogP contribution in [0.3, 0.4) is 0 Å². The molecule has 0 spiro atoms. The molecule has 1 N–H and O–H groups in total. The number of para-hydroxylation sites is 1. The monoisotopic (exact) mass is 277 g/mol. The molecule has 100 valence electrons. The van der Waals surface area contributed by atoms with Crippen LogP contribution in [0.2, 0.25) is 0 Å². The minimum Gasteiger partial charge on any atom is -0.348 e. The second kappa shape index (κ2) is 5.89. The molecular weight excluding hydrogens is 262 g/mol. The van der Waals surface area contributed by atoms with E-state index in [9.17, 15) is 4.79 Å². The molecule has 2 unspecified atom stereocenters. The third kappa shape index (κ3) is 3.15. The predicted molar refractivity (Wildman–Crippen MR) is 75.4 cm³/mol. The van der Waals surface area contributed by atoms with Crippen LogP contribution in [0.5, 0.6) is 0 Å². The highest BCUT2D eigenvalue weighted by Crippen LogP contribution is 2.21. The normalized spacial score (nSPS) is 13.8. The Hall–Kier alpha value is -1.81. The van der Waals surface area contributed by atoms with E-state index in [-0.39, 0.29) is 11.9 Å². The van der Waals surface area contributed by atoms with Crippen LogP contribution >= 0.6 is 11.6 Å². The molecule has 0 saturated heterocycles. The van der Waals surface area contributed by atoms with Crippen LogP contribution in [-0.2, 0) is 4.79 Å². The summed E-state index contributed by atoms with van der Waals surface area (Å²) in [5.74, 6) is -0.176. The van der Waals surface area contributed by atoms with E-state index >= 15 is 0 Å². The maximum Gasteiger partial charge on any atom is 0.238 e. The van der Waals surface area contributed by atoms with Crippen LogP contribution in [-0.4, -0.2) is 21.1 Å². The Morgan fingerprint density at radius 1 is 1.32 bits per heavy atom. The van der Waals surface area contributed by atoms with E-state index in [0.717, 1.165) is 11.3 Å². The van der Waals surface area contributed by atoms with E-state index in [0.29, 0.717) is 0 Å². The Morgan fingerprint density at radius 3 is 2.68 bits per heavy atom. The number of carbonyl (C=O) groups excluding carboxylic acids is 1. The Balaban J connectivity index is 2.27. The van der Waals surface area contributed by atoms with E-state index in [1.54, 1.807) is 17.8 Å². The number of nitrogens with zero attached hydrogens (tertiary/aromatic N) is 2. The zero-order valence-electron chi connectivity index (χ0n) is 10.9. The zero-order valence-corrected chi connectivity index (χ0v) is 11.6. The molecule has 19 heavy (non-hydrogen) atoms. The first-order chi connectivity index (χ1) is 9.09. The smallest absolute Gasteiger partial charge is 0.238 e. The predicted octanol–water partition coefficient (Wildman–Crippen LogP) is 2.68. The van der Waals surface area contributed by atoms with Gasteiger partial charge in [0.05, 0.1) is 11.7 Å². The second-order valence-corrected chi connectivity index (χ2v) is 5.01. The van der Waals surface area contributed by atoms with Gasteiger partial charge in [0, 0.05) is 12.4 Å². The van der Waals surface area contributed by atoms with Crippen molar-refractivity contribution in [2.45, 2.75) is 25.3 Å². The molecule has 0 aliphatic heterocycles. The fourth-order valence-electron chi connectivity index (χ4n) is 1.88. The third-order valence-corrected chi connectivity index (χ3v) is 3.07. The number of aromatic nitrogens is 2. The molecule has 1 heterocycles. The number of hydrogen-bond donors (Lipinski definition) is 1. The number of benzene rings is 1. The van der Waals surface area contributed by atoms with Crippen LogP contribution < -0.4 is 5.32 Å². The first-order valence-corrected chi connectivity index (χ1v) is 6.56. The van der Waals surface area contributed by atoms with Crippen molar-refractivity contribution < 1.29 is 4.79 Å². The third-order valence-electron chi connectivity index (χ3n) is 2.87. The number of carbonyl (C=O) groups is 1. The molecule has 0 saturated carbocycles. The van der Waals surface area contributed by atoms with Gasteiger partial charge in [0.2, 0.25) is 5.91 Å². The molecule has 2 rings (SSSR count). The van der Waals surface area contributed by atoms with Crippen molar-refractivity contribution in [3.8, 4) is 5.69 Å². The van der Waals surface area contributed by atoms with Gasteiger partial charge in [0.25, 0.3) is 0 Å². The molecule has 2 atom stereocenters. The summed E-state index contributed by atoms with van der Waals surface area (Å²) in [6.07, 6.45) is 3.60.